The number of aliphatic hydroxyl groups is 1. The standard InChI is InChI=1S/C28H22Cl4O/c1-27(19-2-10-23(29)11-3-19,20-4-12-24(30)13-5-20)18-28(33,21-6-14-25(31)15-7-21)22-8-16-26(32)17-9-22/h2-17,33H,18H2,1H3. The molecule has 4 rings (SSSR count). The molecule has 0 aliphatic heterocycles. The van der Waals surface area contributed by atoms with Gasteiger partial charge in [0.15, 0.2) is 0 Å². The molecule has 0 heterocycles. The topological polar surface area (TPSA) is 20.2 Å². The van der Waals surface area contributed by atoms with E-state index in [9.17, 15) is 5.11 Å². The van der Waals surface area contributed by atoms with Crippen molar-refractivity contribution in [3.63, 3.8) is 0 Å². The lowest BCUT2D eigenvalue weighted by Crippen LogP contribution is -2.38. The number of hydrogen-bond acceptors (Lipinski definition) is 1. The maximum atomic E-state index is 12.4. The van der Waals surface area contributed by atoms with Crippen LogP contribution in [0.1, 0.15) is 35.6 Å². The summed E-state index contributed by atoms with van der Waals surface area (Å²) in [6.45, 7) is 2.12. The first-order valence-electron chi connectivity index (χ1n) is 10.5. The van der Waals surface area contributed by atoms with Gasteiger partial charge in [0.25, 0.3) is 0 Å². The number of halogens is 4. The third-order valence-corrected chi connectivity index (χ3v) is 7.22. The molecule has 168 valence electrons. The molecule has 0 saturated heterocycles. The summed E-state index contributed by atoms with van der Waals surface area (Å²) in [4.78, 5) is 0. The van der Waals surface area contributed by atoms with Gasteiger partial charge in [0.1, 0.15) is 5.60 Å². The molecule has 0 aliphatic carbocycles. The lowest BCUT2D eigenvalue weighted by atomic mass is 9.66. The van der Waals surface area contributed by atoms with Gasteiger partial charge in [0.05, 0.1) is 0 Å². The van der Waals surface area contributed by atoms with Crippen LogP contribution in [0, 0.1) is 0 Å². The molecular weight excluding hydrogens is 494 g/mol. The van der Waals surface area contributed by atoms with Crippen molar-refractivity contribution in [1.82, 2.24) is 0 Å². The normalized spacial score (nSPS) is 12.1. The summed E-state index contributed by atoms with van der Waals surface area (Å²) in [5.74, 6) is 0. The van der Waals surface area contributed by atoms with E-state index in [0.29, 0.717) is 26.5 Å². The summed E-state index contributed by atoms with van der Waals surface area (Å²) in [5, 5.41) is 14.9. The third kappa shape index (κ3) is 5.09. The number of hydrogen-bond donors (Lipinski definition) is 1. The van der Waals surface area contributed by atoms with Gasteiger partial charge >= 0.3 is 0 Å². The largest absolute Gasteiger partial charge is 0.380 e. The van der Waals surface area contributed by atoms with Gasteiger partial charge in [0, 0.05) is 25.5 Å². The van der Waals surface area contributed by atoms with Gasteiger partial charge in [0.2, 0.25) is 0 Å². The van der Waals surface area contributed by atoms with Crippen LogP contribution >= 0.6 is 46.4 Å². The Hall–Kier alpha value is -2.00. The van der Waals surface area contributed by atoms with Gasteiger partial charge in [-0.1, -0.05) is 102 Å². The number of rotatable bonds is 6. The van der Waals surface area contributed by atoms with E-state index in [1.165, 1.54) is 0 Å². The fourth-order valence-electron chi connectivity index (χ4n) is 4.34. The molecule has 1 nitrogen and oxygen atoms in total. The fraction of sp³-hybridized carbons (Fsp3) is 0.143. The van der Waals surface area contributed by atoms with Crippen LogP contribution in [-0.2, 0) is 11.0 Å². The van der Waals surface area contributed by atoms with Crippen molar-refractivity contribution in [2.75, 3.05) is 0 Å². The minimum atomic E-state index is -1.33. The molecule has 0 amide bonds. The summed E-state index contributed by atoms with van der Waals surface area (Å²) in [7, 11) is 0. The second kappa shape index (κ2) is 9.70. The molecule has 0 bridgehead atoms. The summed E-state index contributed by atoms with van der Waals surface area (Å²) in [6.07, 6.45) is 0.354. The van der Waals surface area contributed by atoms with Gasteiger partial charge in [-0.25, -0.2) is 0 Å². The van der Waals surface area contributed by atoms with Gasteiger partial charge in [-0.05, 0) is 77.2 Å². The van der Waals surface area contributed by atoms with Crippen LogP contribution < -0.4 is 0 Å². The quantitative estimate of drug-likeness (QED) is 0.271. The van der Waals surface area contributed by atoms with E-state index in [1.54, 1.807) is 24.3 Å². The molecule has 0 atom stereocenters. The van der Waals surface area contributed by atoms with Crippen molar-refractivity contribution in [3.05, 3.63) is 139 Å². The third-order valence-electron chi connectivity index (χ3n) is 6.22. The van der Waals surface area contributed by atoms with Crippen LogP contribution in [-0.4, -0.2) is 5.11 Å². The summed E-state index contributed by atoms with van der Waals surface area (Å²) >= 11 is 24.7. The molecule has 0 fully saturated rings. The van der Waals surface area contributed by atoms with Crippen LogP contribution in [0.2, 0.25) is 20.1 Å². The molecular formula is C28H22Cl4O. The van der Waals surface area contributed by atoms with Crippen LogP contribution in [0.3, 0.4) is 0 Å². The molecule has 0 radical (unpaired) electrons. The lowest BCUT2D eigenvalue weighted by Gasteiger charge is -2.40. The highest BCUT2D eigenvalue weighted by Crippen LogP contribution is 2.46. The Morgan fingerprint density at radius 3 is 1.00 bits per heavy atom. The Morgan fingerprint density at radius 2 is 0.727 bits per heavy atom. The Balaban J connectivity index is 1.92. The molecule has 1 N–H and O–H groups in total. The molecule has 0 unspecified atom stereocenters. The van der Waals surface area contributed by atoms with E-state index in [0.717, 1.165) is 22.3 Å². The highest BCUT2D eigenvalue weighted by atomic mass is 35.5. The predicted octanol–water partition coefficient (Wildman–Crippen LogP) is 8.93. The lowest BCUT2D eigenvalue weighted by molar-refractivity contribution is 0.0530. The Kier molecular flexibility index (Phi) is 7.09. The Labute approximate surface area is 214 Å². The maximum Gasteiger partial charge on any atom is 0.116 e. The average Bonchev–Trinajstić information content (AvgIpc) is 2.80. The zero-order valence-electron chi connectivity index (χ0n) is 17.9. The monoisotopic (exact) mass is 514 g/mol. The van der Waals surface area contributed by atoms with Crippen molar-refractivity contribution in [2.45, 2.75) is 24.4 Å². The van der Waals surface area contributed by atoms with Crippen LogP contribution in [0.4, 0.5) is 0 Å². The Bertz CT molecular complexity index is 1030. The average molecular weight is 516 g/mol. The molecule has 0 saturated carbocycles. The van der Waals surface area contributed by atoms with Crippen LogP contribution in [0.5, 0.6) is 0 Å². The van der Waals surface area contributed by atoms with E-state index in [2.05, 4.69) is 6.92 Å². The van der Waals surface area contributed by atoms with Crippen LogP contribution in [0.15, 0.2) is 97.1 Å². The maximum absolute atomic E-state index is 12.4. The van der Waals surface area contributed by atoms with Gasteiger partial charge < -0.3 is 5.11 Å². The highest BCUT2D eigenvalue weighted by molar-refractivity contribution is 6.31. The van der Waals surface area contributed by atoms with E-state index in [-0.39, 0.29) is 0 Å². The van der Waals surface area contributed by atoms with Crippen molar-refractivity contribution < 1.29 is 5.11 Å². The summed E-state index contributed by atoms with van der Waals surface area (Å²) in [5.41, 5.74) is 1.62. The van der Waals surface area contributed by atoms with Crippen molar-refractivity contribution >= 4 is 46.4 Å². The summed E-state index contributed by atoms with van der Waals surface area (Å²) in [6, 6.07) is 30.1. The van der Waals surface area contributed by atoms with E-state index >= 15 is 0 Å². The van der Waals surface area contributed by atoms with E-state index < -0.39 is 11.0 Å². The first kappa shape index (κ1) is 24.1. The molecule has 0 spiro atoms. The molecule has 0 aliphatic rings. The van der Waals surface area contributed by atoms with Crippen molar-refractivity contribution in [1.29, 1.82) is 0 Å². The van der Waals surface area contributed by atoms with Gasteiger partial charge in [-0.2, -0.15) is 0 Å². The second-order valence-corrected chi connectivity index (χ2v) is 10.1. The zero-order chi connectivity index (χ0) is 23.6. The minimum absolute atomic E-state index is 0.354. The fourth-order valence-corrected chi connectivity index (χ4v) is 4.84. The van der Waals surface area contributed by atoms with E-state index in [4.69, 9.17) is 46.4 Å². The van der Waals surface area contributed by atoms with Gasteiger partial charge in [-0.15, -0.1) is 0 Å². The van der Waals surface area contributed by atoms with Gasteiger partial charge in [-0.3, -0.25) is 0 Å². The highest BCUT2D eigenvalue weighted by Gasteiger charge is 2.42. The summed E-state index contributed by atoms with van der Waals surface area (Å²) < 4.78 is 0. The molecule has 4 aromatic rings. The molecule has 4 aromatic carbocycles. The second-order valence-electron chi connectivity index (χ2n) is 8.40. The Morgan fingerprint density at radius 1 is 0.485 bits per heavy atom. The molecule has 0 aromatic heterocycles. The van der Waals surface area contributed by atoms with Crippen LogP contribution in [0.25, 0.3) is 0 Å². The minimum Gasteiger partial charge on any atom is -0.380 e. The number of benzene rings is 4. The van der Waals surface area contributed by atoms with Crippen molar-refractivity contribution in [3.8, 4) is 0 Å². The predicted molar refractivity (Wildman–Crippen MR) is 140 cm³/mol. The molecule has 33 heavy (non-hydrogen) atoms. The molecule has 5 heteroatoms. The van der Waals surface area contributed by atoms with E-state index in [1.807, 2.05) is 72.8 Å². The first-order valence-corrected chi connectivity index (χ1v) is 12.0. The SMILES string of the molecule is CC(CC(O)(c1ccc(Cl)cc1)c1ccc(Cl)cc1)(c1ccc(Cl)cc1)c1ccc(Cl)cc1. The van der Waals surface area contributed by atoms with Crippen molar-refractivity contribution in [2.24, 2.45) is 0 Å². The smallest absolute Gasteiger partial charge is 0.116 e. The zero-order valence-corrected chi connectivity index (χ0v) is 20.9. The first-order chi connectivity index (χ1) is 15.7.